The van der Waals surface area contributed by atoms with Crippen molar-refractivity contribution in [3.8, 4) is 17.2 Å². The number of nitriles is 1. The maximum atomic E-state index is 15.0. The lowest BCUT2D eigenvalue weighted by molar-refractivity contribution is -0.131. The molecule has 2 saturated heterocycles. The molecule has 3 fully saturated rings. The molecule has 7 heteroatoms. The highest BCUT2D eigenvalue weighted by molar-refractivity contribution is 5.97. The van der Waals surface area contributed by atoms with E-state index in [1.165, 1.54) is 6.07 Å². The first kappa shape index (κ1) is 21.6. The number of benzene rings is 2. The lowest BCUT2D eigenvalue weighted by atomic mass is 9.71. The van der Waals surface area contributed by atoms with E-state index in [9.17, 15) is 19.2 Å². The van der Waals surface area contributed by atoms with E-state index in [0.717, 1.165) is 49.8 Å². The molecule has 33 heavy (non-hydrogen) atoms. The molecular formula is C26H27FN4O2. The van der Waals surface area contributed by atoms with E-state index in [2.05, 4.69) is 22.0 Å². The number of hydrogen-bond acceptors (Lipinski definition) is 4. The van der Waals surface area contributed by atoms with Crippen LogP contribution in [0.4, 0.5) is 4.39 Å². The highest BCUT2D eigenvalue weighted by Gasteiger charge is 2.46. The average molecular weight is 447 g/mol. The molecular weight excluding hydrogens is 419 g/mol. The number of carbonyl (C=O) groups excluding carboxylic acids is 2. The number of carbonyl (C=O) groups is 2. The van der Waals surface area contributed by atoms with Gasteiger partial charge in [0, 0.05) is 18.5 Å². The van der Waals surface area contributed by atoms with Gasteiger partial charge in [-0.05, 0) is 79.0 Å². The number of hydrogen-bond donors (Lipinski definition) is 3. The van der Waals surface area contributed by atoms with Crippen LogP contribution in [-0.4, -0.2) is 36.5 Å². The van der Waals surface area contributed by atoms with E-state index < -0.39 is 17.4 Å². The summed E-state index contributed by atoms with van der Waals surface area (Å²) in [5.41, 5.74) is 2.98. The predicted molar refractivity (Wildman–Crippen MR) is 122 cm³/mol. The van der Waals surface area contributed by atoms with Crippen molar-refractivity contribution in [3.05, 3.63) is 58.9 Å². The molecule has 2 aromatic rings. The molecule has 1 atom stereocenters. The van der Waals surface area contributed by atoms with Gasteiger partial charge in [-0.15, -0.1) is 0 Å². The van der Waals surface area contributed by atoms with Crippen LogP contribution in [0.3, 0.4) is 0 Å². The van der Waals surface area contributed by atoms with Crippen LogP contribution in [0.25, 0.3) is 11.1 Å². The number of fused-ring (bicyclic) bond motifs is 4. The molecule has 1 unspecified atom stereocenters. The van der Waals surface area contributed by atoms with Crippen LogP contribution in [0.1, 0.15) is 47.2 Å². The van der Waals surface area contributed by atoms with Crippen molar-refractivity contribution in [2.24, 2.45) is 5.92 Å². The van der Waals surface area contributed by atoms with Gasteiger partial charge in [0.2, 0.25) is 5.91 Å². The molecule has 3 heterocycles. The number of rotatable bonds is 5. The maximum Gasteiger partial charge on any atom is 0.251 e. The summed E-state index contributed by atoms with van der Waals surface area (Å²) < 4.78 is 15.0. The first-order valence-electron chi connectivity index (χ1n) is 11.6. The van der Waals surface area contributed by atoms with Gasteiger partial charge in [-0.1, -0.05) is 24.3 Å². The van der Waals surface area contributed by atoms with E-state index in [-0.39, 0.29) is 18.2 Å². The molecule has 2 amide bonds. The van der Waals surface area contributed by atoms with Crippen molar-refractivity contribution in [2.45, 2.75) is 50.1 Å². The van der Waals surface area contributed by atoms with Gasteiger partial charge in [-0.25, -0.2) is 4.39 Å². The zero-order valence-corrected chi connectivity index (χ0v) is 18.4. The Morgan fingerprint density at radius 3 is 2.67 bits per heavy atom. The van der Waals surface area contributed by atoms with Crippen molar-refractivity contribution in [3.63, 3.8) is 0 Å². The van der Waals surface area contributed by atoms with Crippen molar-refractivity contribution >= 4 is 11.8 Å². The number of nitrogens with one attached hydrogen (secondary N) is 3. The third-order valence-corrected chi connectivity index (χ3v) is 7.42. The number of amides is 2. The summed E-state index contributed by atoms with van der Waals surface area (Å²) in [7, 11) is 0. The summed E-state index contributed by atoms with van der Waals surface area (Å²) in [6.07, 6.45) is 4.48. The number of piperidine rings is 2. The molecule has 1 saturated carbocycles. The third-order valence-electron chi connectivity index (χ3n) is 7.42. The predicted octanol–water partition coefficient (Wildman–Crippen LogP) is 2.86. The van der Waals surface area contributed by atoms with Gasteiger partial charge in [0.1, 0.15) is 11.9 Å². The lowest BCUT2D eigenvalue weighted by Crippen LogP contribution is -2.64. The number of nitrogens with zero attached hydrogens (tertiary/aromatic N) is 1. The van der Waals surface area contributed by atoms with Gasteiger partial charge >= 0.3 is 0 Å². The van der Waals surface area contributed by atoms with Crippen LogP contribution >= 0.6 is 0 Å². The molecule has 3 aliphatic heterocycles. The topological polar surface area (TPSA) is 94.0 Å². The van der Waals surface area contributed by atoms with Gasteiger partial charge in [-0.3, -0.25) is 9.59 Å². The van der Waals surface area contributed by atoms with Gasteiger partial charge in [-0.2, -0.15) is 5.26 Å². The minimum Gasteiger partial charge on any atom is -0.352 e. The van der Waals surface area contributed by atoms with Crippen molar-refractivity contribution in [1.29, 1.82) is 5.26 Å². The molecule has 6 nitrogen and oxygen atoms in total. The van der Waals surface area contributed by atoms with Crippen LogP contribution in [0, 0.1) is 23.1 Å². The molecule has 2 aromatic carbocycles. The van der Waals surface area contributed by atoms with Crippen molar-refractivity contribution in [2.75, 3.05) is 13.1 Å². The van der Waals surface area contributed by atoms with Crippen molar-refractivity contribution < 1.29 is 14.0 Å². The average Bonchev–Trinajstić information content (AvgIpc) is 2.85. The fourth-order valence-corrected chi connectivity index (χ4v) is 5.34. The molecule has 6 rings (SSSR count). The maximum absolute atomic E-state index is 15.0. The van der Waals surface area contributed by atoms with Gasteiger partial charge in [0.15, 0.2) is 0 Å². The Morgan fingerprint density at radius 1 is 1.21 bits per heavy atom. The van der Waals surface area contributed by atoms with E-state index in [0.29, 0.717) is 29.2 Å². The zero-order valence-electron chi connectivity index (χ0n) is 18.4. The lowest BCUT2D eigenvalue weighted by Gasteiger charge is -2.46. The summed E-state index contributed by atoms with van der Waals surface area (Å²) in [6, 6.07) is 11.8. The van der Waals surface area contributed by atoms with Crippen LogP contribution in [0.2, 0.25) is 0 Å². The highest BCUT2D eigenvalue weighted by atomic mass is 19.1. The summed E-state index contributed by atoms with van der Waals surface area (Å²) in [6.45, 7) is 1.44. The molecule has 0 aromatic heterocycles. The second-order valence-corrected chi connectivity index (χ2v) is 9.45. The minimum absolute atomic E-state index is 0.0788. The second-order valence-electron chi connectivity index (χ2n) is 9.45. The fourth-order valence-electron chi connectivity index (χ4n) is 5.34. The molecule has 0 radical (unpaired) electrons. The van der Waals surface area contributed by atoms with Crippen molar-refractivity contribution in [1.82, 2.24) is 16.0 Å². The van der Waals surface area contributed by atoms with E-state index >= 15 is 0 Å². The van der Waals surface area contributed by atoms with E-state index in [4.69, 9.17) is 0 Å². The van der Waals surface area contributed by atoms with Crippen LogP contribution < -0.4 is 16.0 Å². The smallest absolute Gasteiger partial charge is 0.251 e. The van der Waals surface area contributed by atoms with E-state index in [1.807, 2.05) is 18.2 Å². The van der Waals surface area contributed by atoms with Crippen LogP contribution in [0.5, 0.6) is 0 Å². The Morgan fingerprint density at radius 2 is 1.97 bits per heavy atom. The molecule has 4 aliphatic rings. The van der Waals surface area contributed by atoms with Crippen LogP contribution in [-0.2, 0) is 17.6 Å². The normalized spacial score (nSPS) is 24.4. The largest absolute Gasteiger partial charge is 0.352 e. The quantitative estimate of drug-likeness (QED) is 0.658. The Hall–Kier alpha value is -3.24. The molecule has 0 spiro atoms. The third kappa shape index (κ3) is 4.11. The molecule has 1 aliphatic carbocycles. The Kier molecular flexibility index (Phi) is 5.63. The fraction of sp³-hybridized carbons (Fsp3) is 0.423. The summed E-state index contributed by atoms with van der Waals surface area (Å²) in [4.78, 5) is 24.9. The van der Waals surface area contributed by atoms with Gasteiger partial charge in [0.25, 0.3) is 5.91 Å². The first-order chi connectivity index (χ1) is 16.0. The molecule has 2 bridgehead atoms. The Balaban J connectivity index is 1.29. The summed E-state index contributed by atoms with van der Waals surface area (Å²) in [5.74, 6) is 0.00510. The second kappa shape index (κ2) is 8.60. The molecule has 170 valence electrons. The van der Waals surface area contributed by atoms with Gasteiger partial charge < -0.3 is 16.0 Å². The zero-order chi connectivity index (χ0) is 23.0. The highest BCUT2D eigenvalue weighted by Crippen LogP contribution is 2.37. The monoisotopic (exact) mass is 446 g/mol. The van der Waals surface area contributed by atoms with E-state index in [1.54, 1.807) is 12.1 Å². The Labute approximate surface area is 192 Å². The standard InChI is InChI=1S/C26H27FN4O2/c27-23-13-18(17-3-4-22-19(11-17)7-10-29-24(22)32)1-2-20(23)12-21(14-28)31-25(33)26-8-5-16(6-9-26)15-30-26/h1-4,11,13,16,21,30H,5-10,12,15H2,(H,29,32)(H,31,33). The SMILES string of the molecule is N#CC(Cc1ccc(-c2ccc3c(c2)CCNC3=O)cc1F)NC(=O)C12CCC(CC1)CN2. The number of halogens is 1. The summed E-state index contributed by atoms with van der Waals surface area (Å²) in [5, 5.41) is 18.7. The first-order valence-corrected chi connectivity index (χ1v) is 11.6. The van der Waals surface area contributed by atoms with Crippen LogP contribution in [0.15, 0.2) is 36.4 Å². The Bertz CT molecular complexity index is 1130. The van der Waals surface area contributed by atoms with Gasteiger partial charge in [0.05, 0.1) is 11.6 Å². The summed E-state index contributed by atoms with van der Waals surface area (Å²) >= 11 is 0. The minimum atomic E-state index is -0.795. The molecule has 3 N–H and O–H groups in total.